The number of hydrogen-bond acceptors (Lipinski definition) is 5. The fourth-order valence-electron chi connectivity index (χ4n) is 6.86. The van der Waals surface area contributed by atoms with Gasteiger partial charge in [-0.2, -0.15) is 0 Å². The van der Waals surface area contributed by atoms with Gasteiger partial charge in [0.25, 0.3) is 5.91 Å². The molecule has 0 saturated heterocycles. The number of ether oxygens (including phenoxy) is 2. The maximum atomic E-state index is 13.1. The quantitative estimate of drug-likeness (QED) is 0.713. The number of hydrogen-bond donors (Lipinski definition) is 0. The normalized spacial score (nSPS) is 33.7. The van der Waals surface area contributed by atoms with Crippen LogP contribution in [-0.4, -0.2) is 42.5 Å². The zero-order valence-electron chi connectivity index (χ0n) is 17.5. The van der Waals surface area contributed by atoms with Crippen molar-refractivity contribution in [3.63, 3.8) is 0 Å². The number of esters is 2. The minimum Gasteiger partial charge on any atom is -0.467 e. The molecular weight excluding hydrogens is 382 g/mol. The van der Waals surface area contributed by atoms with Gasteiger partial charge < -0.3 is 14.4 Å². The molecule has 1 amide bonds. The highest BCUT2D eigenvalue weighted by Crippen LogP contribution is 2.60. The van der Waals surface area contributed by atoms with Crippen LogP contribution >= 0.6 is 0 Å². The van der Waals surface area contributed by atoms with Gasteiger partial charge in [0.2, 0.25) is 0 Å². The minimum absolute atomic E-state index is 0.207. The average molecular weight is 411 g/mol. The molecule has 0 radical (unpaired) electrons. The first-order chi connectivity index (χ1) is 14.5. The molecule has 1 heterocycles. The molecule has 1 aromatic carbocycles. The van der Waals surface area contributed by atoms with E-state index in [1.54, 1.807) is 0 Å². The second kappa shape index (κ2) is 7.40. The summed E-state index contributed by atoms with van der Waals surface area (Å²) in [5, 5.41) is 0. The Labute approximate surface area is 176 Å². The molecule has 6 nitrogen and oxygen atoms in total. The molecular formula is C24H29NO5. The third-order valence-corrected chi connectivity index (χ3v) is 7.84. The number of nitrogens with zero attached hydrogens (tertiary/aromatic N) is 1. The van der Waals surface area contributed by atoms with Crippen molar-refractivity contribution in [3.05, 3.63) is 35.4 Å². The molecule has 0 aromatic heterocycles. The first-order valence-electron chi connectivity index (χ1n) is 11.1. The first kappa shape index (κ1) is 19.6. The summed E-state index contributed by atoms with van der Waals surface area (Å²) in [6.07, 6.45) is 6.89. The topological polar surface area (TPSA) is 72.9 Å². The van der Waals surface area contributed by atoms with Crippen molar-refractivity contribution >= 4 is 17.8 Å². The van der Waals surface area contributed by atoms with E-state index in [-0.39, 0.29) is 23.9 Å². The molecule has 0 spiro atoms. The van der Waals surface area contributed by atoms with E-state index in [2.05, 4.69) is 0 Å². The van der Waals surface area contributed by atoms with Crippen molar-refractivity contribution in [2.45, 2.75) is 57.5 Å². The summed E-state index contributed by atoms with van der Waals surface area (Å²) in [4.78, 5) is 39.9. The van der Waals surface area contributed by atoms with Crippen molar-refractivity contribution in [1.29, 1.82) is 0 Å². The highest BCUT2D eigenvalue weighted by molar-refractivity contribution is 5.88. The molecule has 30 heavy (non-hydrogen) atoms. The molecule has 0 unspecified atom stereocenters. The van der Waals surface area contributed by atoms with Crippen LogP contribution in [0.3, 0.4) is 0 Å². The molecule has 6 heteroatoms. The zero-order chi connectivity index (χ0) is 20.9. The number of methoxy groups -OCH3 is 1. The Morgan fingerprint density at radius 3 is 2.20 bits per heavy atom. The second-order valence-electron chi connectivity index (χ2n) is 9.81. The van der Waals surface area contributed by atoms with Gasteiger partial charge in [-0.25, -0.2) is 4.79 Å². The Hall–Kier alpha value is -2.37. The summed E-state index contributed by atoms with van der Waals surface area (Å²) in [7, 11) is 1.33. The summed E-state index contributed by atoms with van der Waals surface area (Å²) in [5.41, 5.74) is 1.67. The maximum Gasteiger partial charge on any atom is 0.328 e. The van der Waals surface area contributed by atoms with Crippen LogP contribution in [0.4, 0.5) is 0 Å². The lowest BCUT2D eigenvalue weighted by molar-refractivity contribution is -0.175. The van der Waals surface area contributed by atoms with Crippen molar-refractivity contribution in [1.82, 2.24) is 4.90 Å². The van der Waals surface area contributed by atoms with Crippen molar-refractivity contribution in [3.8, 4) is 0 Å². The van der Waals surface area contributed by atoms with Crippen LogP contribution in [0.15, 0.2) is 24.3 Å². The van der Waals surface area contributed by atoms with Gasteiger partial charge in [0.1, 0.15) is 6.04 Å². The van der Waals surface area contributed by atoms with Gasteiger partial charge in [0, 0.05) is 13.0 Å². The second-order valence-corrected chi connectivity index (χ2v) is 9.81. The summed E-state index contributed by atoms with van der Waals surface area (Å²) in [6.45, 7) is 0.0138. The smallest absolute Gasteiger partial charge is 0.328 e. The Balaban J connectivity index is 1.27. The fraction of sp³-hybridized carbons (Fsp3) is 0.625. The SMILES string of the molecule is COC(=O)[C@@H]1Cc2ccccc2CN1C(=O)COC(=O)C12CC3CC(CC(C3)C1)C2. The van der Waals surface area contributed by atoms with Gasteiger partial charge in [-0.1, -0.05) is 24.3 Å². The van der Waals surface area contributed by atoms with Gasteiger partial charge in [-0.15, -0.1) is 0 Å². The lowest BCUT2D eigenvalue weighted by atomic mass is 9.49. The third-order valence-electron chi connectivity index (χ3n) is 7.84. The van der Waals surface area contributed by atoms with Gasteiger partial charge in [0.15, 0.2) is 6.61 Å². The van der Waals surface area contributed by atoms with Gasteiger partial charge in [0.05, 0.1) is 12.5 Å². The lowest BCUT2D eigenvalue weighted by Crippen LogP contribution is -2.52. The first-order valence-corrected chi connectivity index (χ1v) is 11.1. The van der Waals surface area contributed by atoms with E-state index in [0.29, 0.717) is 30.7 Å². The molecule has 4 bridgehead atoms. The van der Waals surface area contributed by atoms with Crippen LogP contribution in [0.5, 0.6) is 0 Å². The zero-order valence-corrected chi connectivity index (χ0v) is 17.5. The average Bonchev–Trinajstić information content (AvgIpc) is 2.74. The van der Waals surface area contributed by atoms with Crippen LogP contribution in [0.25, 0.3) is 0 Å². The predicted molar refractivity (Wildman–Crippen MR) is 108 cm³/mol. The molecule has 0 N–H and O–H groups in total. The van der Waals surface area contributed by atoms with Crippen LogP contribution in [0.2, 0.25) is 0 Å². The minimum atomic E-state index is -0.685. The molecule has 4 fully saturated rings. The summed E-state index contributed by atoms with van der Waals surface area (Å²) in [5.74, 6) is 0.940. The monoisotopic (exact) mass is 411 g/mol. The fourth-order valence-corrected chi connectivity index (χ4v) is 6.86. The highest BCUT2D eigenvalue weighted by atomic mass is 16.5. The molecule has 1 aliphatic heterocycles. The maximum absolute atomic E-state index is 13.1. The van der Waals surface area contributed by atoms with E-state index in [4.69, 9.17) is 9.47 Å². The standard InChI is InChI=1S/C24H29NO5/c1-29-22(27)20-9-18-4-2-3-5-19(18)13-25(20)21(26)14-30-23(28)24-10-15-6-16(11-24)8-17(7-15)12-24/h2-5,15-17,20H,6-14H2,1H3/t15?,16?,17?,20-,24?/m0/s1. The van der Waals surface area contributed by atoms with Crippen molar-refractivity contribution in [2.75, 3.05) is 13.7 Å². The van der Waals surface area contributed by atoms with Crippen LogP contribution < -0.4 is 0 Å². The van der Waals surface area contributed by atoms with Crippen molar-refractivity contribution in [2.24, 2.45) is 23.2 Å². The van der Waals surface area contributed by atoms with Crippen LogP contribution in [-0.2, 0) is 36.8 Å². The van der Waals surface area contributed by atoms with Gasteiger partial charge in [-0.05, 0) is 67.4 Å². The Bertz CT molecular complexity index is 843. The number of benzene rings is 1. The van der Waals surface area contributed by atoms with Crippen LogP contribution in [0, 0.1) is 23.2 Å². The van der Waals surface area contributed by atoms with E-state index in [0.717, 1.165) is 30.4 Å². The molecule has 6 rings (SSSR count). The molecule has 4 aliphatic carbocycles. The van der Waals surface area contributed by atoms with E-state index in [9.17, 15) is 14.4 Å². The van der Waals surface area contributed by atoms with Crippen LogP contribution in [0.1, 0.15) is 49.7 Å². The van der Waals surface area contributed by atoms with Gasteiger partial charge in [-0.3, -0.25) is 9.59 Å². The van der Waals surface area contributed by atoms with Gasteiger partial charge >= 0.3 is 11.9 Å². The summed E-state index contributed by atoms with van der Waals surface area (Å²) >= 11 is 0. The Morgan fingerprint density at radius 2 is 1.60 bits per heavy atom. The number of carbonyl (C=O) groups excluding carboxylic acids is 3. The van der Waals surface area contributed by atoms with E-state index in [1.807, 2.05) is 24.3 Å². The predicted octanol–water partition coefficient (Wildman–Crippen LogP) is 2.87. The molecule has 4 saturated carbocycles. The lowest BCUT2D eigenvalue weighted by Gasteiger charge is -2.55. The highest BCUT2D eigenvalue weighted by Gasteiger charge is 2.55. The summed E-state index contributed by atoms with van der Waals surface area (Å²) in [6, 6.07) is 7.10. The summed E-state index contributed by atoms with van der Waals surface area (Å²) < 4.78 is 10.5. The number of carbonyl (C=O) groups is 3. The molecule has 1 atom stereocenters. The Kier molecular flexibility index (Phi) is 4.83. The van der Waals surface area contributed by atoms with E-state index in [1.165, 1.54) is 31.3 Å². The van der Waals surface area contributed by atoms with E-state index < -0.39 is 12.0 Å². The number of amides is 1. The number of rotatable bonds is 4. The third kappa shape index (κ3) is 3.30. The van der Waals surface area contributed by atoms with Crippen molar-refractivity contribution < 1.29 is 23.9 Å². The van der Waals surface area contributed by atoms with E-state index >= 15 is 0 Å². The largest absolute Gasteiger partial charge is 0.467 e. The molecule has 1 aromatic rings. The molecule has 5 aliphatic rings. The molecule has 160 valence electrons. The number of fused-ring (bicyclic) bond motifs is 1. The Morgan fingerprint density at radius 1 is 1.00 bits per heavy atom.